The minimum Gasteiger partial charge on any atom is -0.347 e. The van der Waals surface area contributed by atoms with Crippen LogP contribution in [0.25, 0.3) is 11.1 Å². The minimum atomic E-state index is -0.0906. The summed E-state index contributed by atoms with van der Waals surface area (Å²) >= 11 is 6.08. The van der Waals surface area contributed by atoms with Gasteiger partial charge in [-0.15, -0.1) is 0 Å². The zero-order valence-corrected chi connectivity index (χ0v) is 18.7. The van der Waals surface area contributed by atoms with Crippen LogP contribution >= 0.6 is 11.6 Å². The van der Waals surface area contributed by atoms with Gasteiger partial charge in [-0.2, -0.15) is 0 Å². The van der Waals surface area contributed by atoms with Crippen molar-refractivity contribution in [3.05, 3.63) is 65.0 Å². The Hall–Kier alpha value is -3.06. The van der Waals surface area contributed by atoms with E-state index in [1.165, 1.54) is 0 Å². The van der Waals surface area contributed by atoms with Crippen LogP contribution in [0.15, 0.2) is 42.9 Å². The molecule has 160 valence electrons. The van der Waals surface area contributed by atoms with E-state index >= 15 is 0 Å². The number of piperidine rings is 1. The monoisotopic (exact) mass is 436 g/mol. The second kappa shape index (κ2) is 8.98. The first kappa shape index (κ1) is 21.2. The van der Waals surface area contributed by atoms with Gasteiger partial charge >= 0.3 is 0 Å². The van der Waals surface area contributed by atoms with Crippen molar-refractivity contribution < 1.29 is 4.79 Å². The summed E-state index contributed by atoms with van der Waals surface area (Å²) < 4.78 is 0. The number of amides is 1. The molecule has 3 aromatic rings. The van der Waals surface area contributed by atoms with Gasteiger partial charge in [-0.05, 0) is 37.5 Å². The van der Waals surface area contributed by atoms with Crippen molar-refractivity contribution >= 4 is 23.5 Å². The van der Waals surface area contributed by atoms with E-state index in [-0.39, 0.29) is 11.8 Å². The standard InChI is InChI=1S/C23H25ClN6O/c1-15-11-26-20(13-25-15)22(31)30-10-4-5-17(14-30)21-19(12-27-23(28-21)29(2)3)16-6-8-18(24)9-7-16/h6-9,11-13,17H,4-5,10,14H2,1-3H3. The van der Waals surface area contributed by atoms with Gasteiger partial charge in [0, 0.05) is 56.1 Å². The molecule has 4 rings (SSSR count). The lowest BCUT2D eigenvalue weighted by Crippen LogP contribution is -2.40. The van der Waals surface area contributed by atoms with E-state index in [1.807, 2.05) is 61.3 Å². The second-order valence-corrected chi connectivity index (χ2v) is 8.44. The van der Waals surface area contributed by atoms with Crippen molar-refractivity contribution in [3.63, 3.8) is 0 Å². The van der Waals surface area contributed by atoms with Crippen LogP contribution < -0.4 is 4.90 Å². The van der Waals surface area contributed by atoms with E-state index < -0.39 is 0 Å². The van der Waals surface area contributed by atoms with Gasteiger partial charge in [-0.3, -0.25) is 9.78 Å². The fourth-order valence-electron chi connectivity index (χ4n) is 3.81. The fraction of sp³-hybridized carbons (Fsp3) is 0.348. The van der Waals surface area contributed by atoms with E-state index in [0.717, 1.165) is 35.4 Å². The Morgan fingerprint density at radius 2 is 1.87 bits per heavy atom. The smallest absolute Gasteiger partial charge is 0.274 e. The Labute approximate surface area is 187 Å². The summed E-state index contributed by atoms with van der Waals surface area (Å²) in [6, 6.07) is 7.70. The molecule has 8 heteroatoms. The van der Waals surface area contributed by atoms with Crippen molar-refractivity contribution in [2.75, 3.05) is 32.1 Å². The molecule has 0 N–H and O–H groups in total. The van der Waals surface area contributed by atoms with Gasteiger partial charge in [0.25, 0.3) is 5.91 Å². The van der Waals surface area contributed by atoms with E-state index in [0.29, 0.717) is 29.8 Å². The molecule has 0 saturated carbocycles. The number of carbonyl (C=O) groups excluding carboxylic acids is 1. The van der Waals surface area contributed by atoms with Crippen LogP contribution in [0, 0.1) is 6.92 Å². The van der Waals surface area contributed by atoms with Crippen molar-refractivity contribution in [1.29, 1.82) is 0 Å². The summed E-state index contributed by atoms with van der Waals surface area (Å²) in [5.41, 5.74) is 4.10. The molecule has 1 aliphatic rings. The first-order valence-corrected chi connectivity index (χ1v) is 10.7. The predicted molar refractivity (Wildman–Crippen MR) is 121 cm³/mol. The molecule has 3 heterocycles. The molecule has 0 radical (unpaired) electrons. The van der Waals surface area contributed by atoms with Crippen LogP contribution in [0.4, 0.5) is 5.95 Å². The van der Waals surface area contributed by atoms with E-state index in [1.54, 1.807) is 12.4 Å². The molecule has 31 heavy (non-hydrogen) atoms. The summed E-state index contributed by atoms with van der Waals surface area (Å²) in [6.07, 6.45) is 6.90. The average molecular weight is 437 g/mol. The Balaban J connectivity index is 1.66. The lowest BCUT2D eigenvalue weighted by molar-refractivity contribution is 0.0699. The average Bonchev–Trinajstić information content (AvgIpc) is 2.79. The Bertz CT molecular complexity index is 1070. The molecule has 1 aliphatic heterocycles. The number of aromatic nitrogens is 4. The predicted octanol–water partition coefficient (Wildman–Crippen LogP) is 3.98. The highest BCUT2D eigenvalue weighted by Crippen LogP contribution is 2.34. The number of halogens is 1. The molecular weight excluding hydrogens is 412 g/mol. The molecule has 1 unspecified atom stereocenters. The van der Waals surface area contributed by atoms with Gasteiger partial charge in [-0.1, -0.05) is 23.7 Å². The number of hydrogen-bond donors (Lipinski definition) is 0. The van der Waals surface area contributed by atoms with Crippen LogP contribution in [0.3, 0.4) is 0 Å². The highest BCUT2D eigenvalue weighted by Gasteiger charge is 2.29. The van der Waals surface area contributed by atoms with Crippen LogP contribution in [0.5, 0.6) is 0 Å². The highest BCUT2D eigenvalue weighted by molar-refractivity contribution is 6.30. The van der Waals surface area contributed by atoms with Gasteiger partial charge < -0.3 is 9.80 Å². The SMILES string of the molecule is Cc1cnc(C(=O)N2CCCC(c3nc(N(C)C)ncc3-c3ccc(Cl)cc3)C2)cn1. The number of rotatable bonds is 4. The van der Waals surface area contributed by atoms with Gasteiger partial charge in [0.1, 0.15) is 5.69 Å². The van der Waals surface area contributed by atoms with Crippen LogP contribution in [-0.2, 0) is 0 Å². The summed E-state index contributed by atoms with van der Waals surface area (Å²) in [5.74, 6) is 0.663. The van der Waals surface area contributed by atoms with Gasteiger partial charge in [-0.25, -0.2) is 15.0 Å². The Kier molecular flexibility index (Phi) is 6.13. The summed E-state index contributed by atoms with van der Waals surface area (Å²) in [6.45, 7) is 3.14. The second-order valence-electron chi connectivity index (χ2n) is 8.00. The molecule has 1 saturated heterocycles. The summed E-state index contributed by atoms with van der Waals surface area (Å²) in [4.78, 5) is 34.7. The highest BCUT2D eigenvalue weighted by atomic mass is 35.5. The normalized spacial score (nSPS) is 16.3. The van der Waals surface area contributed by atoms with Crippen molar-refractivity contribution in [1.82, 2.24) is 24.8 Å². The van der Waals surface area contributed by atoms with Gasteiger partial charge in [0.2, 0.25) is 5.95 Å². The molecule has 1 fully saturated rings. The molecule has 1 aromatic carbocycles. The maximum atomic E-state index is 13.0. The quantitative estimate of drug-likeness (QED) is 0.615. The largest absolute Gasteiger partial charge is 0.347 e. The fourth-order valence-corrected chi connectivity index (χ4v) is 3.94. The number of nitrogens with zero attached hydrogens (tertiary/aromatic N) is 6. The number of benzene rings is 1. The van der Waals surface area contributed by atoms with Crippen molar-refractivity contribution in [2.24, 2.45) is 0 Å². The van der Waals surface area contributed by atoms with Gasteiger partial charge in [0.15, 0.2) is 0 Å². The summed E-state index contributed by atoms with van der Waals surface area (Å²) in [7, 11) is 3.85. The third-order valence-corrected chi connectivity index (χ3v) is 5.71. The third-order valence-electron chi connectivity index (χ3n) is 5.46. The van der Waals surface area contributed by atoms with Crippen molar-refractivity contribution in [3.8, 4) is 11.1 Å². The van der Waals surface area contributed by atoms with E-state index in [2.05, 4.69) is 15.0 Å². The zero-order chi connectivity index (χ0) is 22.0. The van der Waals surface area contributed by atoms with E-state index in [9.17, 15) is 4.79 Å². The summed E-state index contributed by atoms with van der Waals surface area (Å²) in [5, 5.41) is 0.685. The first-order valence-electron chi connectivity index (χ1n) is 10.3. The topological polar surface area (TPSA) is 75.1 Å². The van der Waals surface area contributed by atoms with Crippen LogP contribution in [0.1, 0.15) is 40.6 Å². The molecule has 0 bridgehead atoms. The lowest BCUT2D eigenvalue weighted by Gasteiger charge is -2.33. The molecule has 7 nitrogen and oxygen atoms in total. The molecule has 1 amide bonds. The number of hydrogen-bond acceptors (Lipinski definition) is 6. The lowest BCUT2D eigenvalue weighted by atomic mass is 9.90. The Morgan fingerprint density at radius 3 is 2.55 bits per heavy atom. The number of aryl methyl sites for hydroxylation is 1. The van der Waals surface area contributed by atoms with Crippen molar-refractivity contribution in [2.45, 2.75) is 25.7 Å². The maximum absolute atomic E-state index is 13.0. The number of likely N-dealkylation sites (tertiary alicyclic amines) is 1. The molecule has 2 aromatic heterocycles. The molecule has 0 aliphatic carbocycles. The number of anilines is 1. The molecule has 1 atom stereocenters. The molecular formula is C23H25ClN6O. The van der Waals surface area contributed by atoms with Gasteiger partial charge in [0.05, 0.1) is 17.6 Å². The van der Waals surface area contributed by atoms with E-state index in [4.69, 9.17) is 16.6 Å². The van der Waals surface area contributed by atoms with Crippen LogP contribution in [0.2, 0.25) is 5.02 Å². The molecule has 0 spiro atoms. The minimum absolute atomic E-state index is 0.0906. The first-order chi connectivity index (χ1) is 14.9. The number of carbonyl (C=O) groups is 1. The van der Waals surface area contributed by atoms with Crippen LogP contribution in [-0.4, -0.2) is 57.9 Å². The Morgan fingerprint density at radius 1 is 1.10 bits per heavy atom. The third kappa shape index (κ3) is 4.66. The zero-order valence-electron chi connectivity index (χ0n) is 17.9. The maximum Gasteiger partial charge on any atom is 0.274 e.